The number of hydrogen-bond acceptors (Lipinski definition) is 11. The van der Waals surface area contributed by atoms with Gasteiger partial charge in [-0.05, 0) is 79.9 Å². The molecule has 5 rings (SSSR count). The largest absolute Gasteiger partial charge is 0.493 e. The van der Waals surface area contributed by atoms with Crippen LogP contribution in [0.25, 0.3) is 6.08 Å². The Kier molecular flexibility index (Phi) is 12.4. The van der Waals surface area contributed by atoms with E-state index in [9.17, 15) is 14.4 Å². The number of carbonyl (C=O) groups is 2. The summed E-state index contributed by atoms with van der Waals surface area (Å²) in [5, 5.41) is 1.08. The summed E-state index contributed by atoms with van der Waals surface area (Å²) in [6, 6.07) is 12.6. The Morgan fingerprint density at radius 1 is 0.902 bits per heavy atom. The topological polar surface area (TPSA) is 124 Å². The number of benzene rings is 3. The molecular formula is C36H33Cl3N2O9S. The molecule has 0 saturated carbocycles. The van der Waals surface area contributed by atoms with Crippen molar-refractivity contribution in [1.29, 1.82) is 0 Å². The number of hydrogen-bond donors (Lipinski definition) is 0. The summed E-state index contributed by atoms with van der Waals surface area (Å²) in [5.41, 5.74) is 2.04. The molecule has 11 nitrogen and oxygen atoms in total. The predicted molar refractivity (Wildman–Crippen MR) is 194 cm³/mol. The fourth-order valence-corrected chi connectivity index (χ4v) is 6.93. The van der Waals surface area contributed by atoms with Crippen LogP contribution in [0.3, 0.4) is 0 Å². The Bertz CT molecular complexity index is 2200. The molecule has 15 heteroatoms. The number of methoxy groups -OCH3 is 2. The molecule has 0 radical (unpaired) electrons. The lowest BCUT2D eigenvalue weighted by Crippen LogP contribution is -2.40. The first kappa shape index (κ1) is 37.8. The molecule has 0 spiro atoms. The molecule has 1 aromatic heterocycles. The molecule has 0 amide bonds. The van der Waals surface area contributed by atoms with Gasteiger partial charge in [0.05, 0.1) is 64.3 Å². The van der Waals surface area contributed by atoms with Gasteiger partial charge in [-0.25, -0.2) is 14.6 Å². The number of fused-ring (bicyclic) bond motifs is 1. The van der Waals surface area contributed by atoms with Crippen LogP contribution in [0.5, 0.6) is 23.0 Å². The van der Waals surface area contributed by atoms with E-state index in [2.05, 4.69) is 9.73 Å². The van der Waals surface area contributed by atoms with Crippen molar-refractivity contribution in [3.05, 3.63) is 111 Å². The Balaban J connectivity index is 1.58. The van der Waals surface area contributed by atoms with E-state index in [0.29, 0.717) is 53.5 Å². The number of nitrogens with zero attached hydrogens (tertiary/aromatic N) is 2. The molecule has 0 fully saturated rings. The number of allylic oxidation sites excluding steroid dienone is 1. The maximum atomic E-state index is 14.2. The van der Waals surface area contributed by atoms with Crippen LogP contribution in [0.1, 0.15) is 43.5 Å². The molecule has 268 valence electrons. The van der Waals surface area contributed by atoms with Crippen molar-refractivity contribution in [3.63, 3.8) is 0 Å². The van der Waals surface area contributed by atoms with Crippen LogP contribution < -0.4 is 33.8 Å². The summed E-state index contributed by atoms with van der Waals surface area (Å²) in [6.07, 6.45) is 1.66. The average molecular weight is 776 g/mol. The maximum absolute atomic E-state index is 14.2. The number of halogens is 3. The quantitative estimate of drug-likeness (QED) is 0.144. The summed E-state index contributed by atoms with van der Waals surface area (Å²) in [5.74, 6) is 0.0609. The highest BCUT2D eigenvalue weighted by molar-refractivity contribution is 7.07. The minimum atomic E-state index is -0.924. The van der Waals surface area contributed by atoms with Crippen LogP contribution in [0, 0.1) is 0 Å². The second-order valence-electron chi connectivity index (χ2n) is 10.9. The standard InChI is InChI=1S/C36H33Cl3N2O9S/c1-6-47-27-16-22(9-11-26(27)49-18-30(42)46-5)32-31(35(44)48-7-2)19(3)40-36-41(32)34(43)29(51-36)15-21-13-25(39)33(28(14-21)45-4)50-17-20-8-10-23(37)24(38)12-20/h8-16,32H,6-7,17-18H2,1-5H3/b29-15-/t32-/m0/s1. The Morgan fingerprint density at radius 2 is 1.69 bits per heavy atom. The molecule has 1 aliphatic rings. The van der Waals surface area contributed by atoms with Gasteiger partial charge < -0.3 is 28.4 Å². The van der Waals surface area contributed by atoms with Gasteiger partial charge in [0, 0.05) is 0 Å². The van der Waals surface area contributed by atoms with Crippen LogP contribution in [-0.4, -0.2) is 50.5 Å². The molecule has 0 unspecified atom stereocenters. The highest BCUT2D eigenvalue weighted by Crippen LogP contribution is 2.38. The van der Waals surface area contributed by atoms with Crippen LogP contribution in [0.2, 0.25) is 15.1 Å². The van der Waals surface area contributed by atoms with E-state index in [1.54, 1.807) is 75.4 Å². The first-order chi connectivity index (χ1) is 24.5. The van der Waals surface area contributed by atoms with Gasteiger partial charge in [-0.1, -0.05) is 58.3 Å². The monoisotopic (exact) mass is 774 g/mol. The first-order valence-electron chi connectivity index (χ1n) is 15.6. The third kappa shape index (κ3) is 8.36. The molecule has 0 aliphatic carbocycles. The lowest BCUT2D eigenvalue weighted by molar-refractivity contribution is -0.143. The molecule has 51 heavy (non-hydrogen) atoms. The summed E-state index contributed by atoms with van der Waals surface area (Å²) in [6.45, 7) is 5.40. The predicted octanol–water partition coefficient (Wildman–Crippen LogP) is 6.30. The van der Waals surface area contributed by atoms with Gasteiger partial charge in [-0.15, -0.1) is 0 Å². The van der Waals surface area contributed by atoms with Crippen molar-refractivity contribution >= 4 is 64.2 Å². The second kappa shape index (κ2) is 16.7. The van der Waals surface area contributed by atoms with Gasteiger partial charge in [-0.3, -0.25) is 9.36 Å². The fraction of sp³-hybridized carbons (Fsp3) is 0.278. The molecule has 2 heterocycles. The normalized spacial score (nSPS) is 14.0. The van der Waals surface area contributed by atoms with Crippen molar-refractivity contribution in [3.8, 4) is 23.0 Å². The number of esters is 2. The van der Waals surface area contributed by atoms with Gasteiger partial charge in [0.25, 0.3) is 5.56 Å². The van der Waals surface area contributed by atoms with E-state index in [1.807, 2.05) is 0 Å². The van der Waals surface area contributed by atoms with Crippen LogP contribution in [-0.2, 0) is 25.7 Å². The molecule has 1 atom stereocenters. The average Bonchev–Trinajstić information content (AvgIpc) is 3.41. The van der Waals surface area contributed by atoms with Crippen molar-refractivity contribution in [1.82, 2.24) is 4.57 Å². The smallest absolute Gasteiger partial charge is 0.343 e. The van der Waals surface area contributed by atoms with E-state index >= 15 is 0 Å². The van der Waals surface area contributed by atoms with Crippen LogP contribution >= 0.6 is 46.1 Å². The molecule has 0 saturated heterocycles. The lowest BCUT2D eigenvalue weighted by atomic mass is 9.95. The molecule has 1 aliphatic heterocycles. The van der Waals surface area contributed by atoms with Crippen molar-refractivity contribution in [2.45, 2.75) is 33.4 Å². The number of aromatic nitrogens is 1. The Labute approximate surface area is 312 Å². The Hall–Kier alpha value is -4.49. The molecule has 0 N–H and O–H groups in total. The van der Waals surface area contributed by atoms with Gasteiger partial charge in [0.2, 0.25) is 0 Å². The van der Waals surface area contributed by atoms with Crippen LogP contribution in [0.15, 0.2) is 69.6 Å². The number of carbonyl (C=O) groups excluding carboxylic acids is 2. The zero-order chi connectivity index (χ0) is 36.8. The molecular weight excluding hydrogens is 743 g/mol. The summed E-state index contributed by atoms with van der Waals surface area (Å²) in [4.78, 5) is 44.4. The third-order valence-electron chi connectivity index (χ3n) is 7.59. The molecule has 4 aromatic rings. The lowest BCUT2D eigenvalue weighted by Gasteiger charge is -2.25. The highest BCUT2D eigenvalue weighted by atomic mass is 35.5. The van der Waals surface area contributed by atoms with E-state index in [1.165, 1.54) is 18.8 Å². The van der Waals surface area contributed by atoms with Gasteiger partial charge in [0.1, 0.15) is 6.61 Å². The van der Waals surface area contributed by atoms with Crippen LogP contribution in [0.4, 0.5) is 0 Å². The van der Waals surface area contributed by atoms with Crippen molar-refractivity contribution in [2.24, 2.45) is 4.99 Å². The van der Waals surface area contributed by atoms with Gasteiger partial charge >= 0.3 is 11.9 Å². The zero-order valence-corrected chi connectivity index (χ0v) is 31.3. The number of ether oxygens (including phenoxy) is 6. The van der Waals surface area contributed by atoms with E-state index in [-0.39, 0.29) is 42.8 Å². The molecule has 3 aromatic carbocycles. The summed E-state index contributed by atoms with van der Waals surface area (Å²) in [7, 11) is 2.74. The number of thiazole rings is 1. The first-order valence-corrected chi connectivity index (χ1v) is 17.5. The van der Waals surface area contributed by atoms with Gasteiger partial charge in [0.15, 0.2) is 34.4 Å². The second-order valence-corrected chi connectivity index (χ2v) is 13.1. The highest BCUT2D eigenvalue weighted by Gasteiger charge is 2.34. The third-order valence-corrected chi connectivity index (χ3v) is 9.59. The maximum Gasteiger partial charge on any atom is 0.343 e. The molecule has 0 bridgehead atoms. The van der Waals surface area contributed by atoms with E-state index < -0.39 is 23.5 Å². The SMILES string of the molecule is CCOC(=O)C1=C(C)N=c2s/c(=C\c3cc(Cl)c(OCc4ccc(Cl)c(Cl)c4)c(OC)c3)c(=O)n2[C@H]1c1ccc(OCC(=O)OC)c(OCC)c1. The van der Waals surface area contributed by atoms with E-state index in [4.69, 9.17) is 58.5 Å². The summed E-state index contributed by atoms with van der Waals surface area (Å²) >= 11 is 20.0. The summed E-state index contributed by atoms with van der Waals surface area (Å²) < 4.78 is 34.9. The van der Waals surface area contributed by atoms with Gasteiger partial charge in [-0.2, -0.15) is 0 Å². The number of rotatable bonds is 13. The fourth-order valence-electron chi connectivity index (χ4n) is 5.28. The van der Waals surface area contributed by atoms with Crippen molar-refractivity contribution in [2.75, 3.05) is 34.0 Å². The van der Waals surface area contributed by atoms with Crippen molar-refractivity contribution < 1.29 is 38.0 Å². The Morgan fingerprint density at radius 3 is 2.37 bits per heavy atom. The minimum Gasteiger partial charge on any atom is -0.493 e. The van der Waals surface area contributed by atoms with E-state index in [0.717, 1.165) is 16.9 Å². The minimum absolute atomic E-state index is 0.118. The zero-order valence-electron chi connectivity index (χ0n) is 28.2.